The lowest BCUT2D eigenvalue weighted by Gasteiger charge is -2.11. The summed E-state index contributed by atoms with van der Waals surface area (Å²) in [5, 5.41) is 3.98. The monoisotopic (exact) mass is 516 g/mol. The smallest absolute Gasteiger partial charge is 0.343 e. The van der Waals surface area contributed by atoms with Crippen LogP contribution in [0.1, 0.15) is 21.8 Å². The Morgan fingerprint density at radius 2 is 1.68 bits per heavy atom. The summed E-state index contributed by atoms with van der Waals surface area (Å²) in [5.41, 5.74) is 0.192. The maximum Gasteiger partial charge on any atom is 0.405 e. The molecule has 0 spiro atoms. The highest BCUT2D eigenvalue weighted by Crippen LogP contribution is 2.65. The van der Waals surface area contributed by atoms with Crippen LogP contribution < -0.4 is 10.6 Å². The van der Waals surface area contributed by atoms with E-state index in [9.17, 15) is 27.2 Å². The molecule has 1 fully saturated rings. The van der Waals surface area contributed by atoms with Gasteiger partial charge in [0.1, 0.15) is 16.7 Å². The quantitative estimate of drug-likeness (QED) is 0.380. The van der Waals surface area contributed by atoms with Crippen LogP contribution in [0.25, 0.3) is 0 Å². The highest BCUT2D eigenvalue weighted by atomic mass is 35.5. The van der Waals surface area contributed by atoms with Gasteiger partial charge in [-0.25, -0.2) is 4.39 Å². The number of carbonyl (C=O) groups is 2. The molecule has 2 atom stereocenters. The molecule has 166 valence electrons. The number of halogens is 8. The molecule has 0 bridgehead atoms. The van der Waals surface area contributed by atoms with E-state index in [1.165, 1.54) is 24.3 Å². The van der Waals surface area contributed by atoms with Crippen molar-refractivity contribution in [3.05, 3.63) is 63.4 Å². The summed E-state index contributed by atoms with van der Waals surface area (Å²) in [6.07, 6.45) is -4.60. The molecule has 1 aliphatic carbocycles. The molecule has 0 saturated heterocycles. The predicted molar refractivity (Wildman–Crippen MR) is 111 cm³/mol. The molecule has 2 aromatic carbocycles. The summed E-state index contributed by atoms with van der Waals surface area (Å²) < 4.78 is 49.2. The lowest BCUT2D eigenvalue weighted by atomic mass is 10.1. The van der Waals surface area contributed by atoms with Gasteiger partial charge in [0.15, 0.2) is 0 Å². The average Bonchev–Trinajstić information content (AvgIpc) is 3.25. The molecule has 3 rings (SSSR count). The number of carbonyl (C=O) groups excluding carboxylic acids is 2. The van der Waals surface area contributed by atoms with Crippen LogP contribution in [0, 0.1) is 11.7 Å². The van der Waals surface area contributed by atoms with Crippen molar-refractivity contribution >= 4 is 63.9 Å². The first kappa shape index (κ1) is 23.9. The van der Waals surface area contributed by atoms with Crippen molar-refractivity contribution in [2.45, 2.75) is 16.4 Å². The molecule has 2 aromatic rings. The van der Waals surface area contributed by atoms with Crippen molar-refractivity contribution < 1.29 is 27.2 Å². The Morgan fingerprint density at radius 1 is 1.03 bits per heavy atom. The van der Waals surface area contributed by atoms with E-state index in [1.807, 2.05) is 0 Å². The van der Waals surface area contributed by atoms with Gasteiger partial charge in [0.2, 0.25) is 5.91 Å². The van der Waals surface area contributed by atoms with Crippen LogP contribution in [0.3, 0.4) is 0 Å². The molecule has 2 N–H and O–H groups in total. The molecule has 0 aliphatic heterocycles. The van der Waals surface area contributed by atoms with Crippen molar-refractivity contribution in [1.82, 2.24) is 5.32 Å². The first-order chi connectivity index (χ1) is 14.3. The van der Waals surface area contributed by atoms with Gasteiger partial charge in [-0.1, -0.05) is 29.3 Å². The first-order valence-electron chi connectivity index (χ1n) is 8.59. The van der Waals surface area contributed by atoms with Crippen LogP contribution in [-0.4, -0.2) is 28.9 Å². The molecule has 0 radical (unpaired) electrons. The van der Waals surface area contributed by atoms with Crippen LogP contribution in [0.15, 0.2) is 36.4 Å². The lowest BCUT2D eigenvalue weighted by molar-refractivity contribution is -0.123. The zero-order valence-corrected chi connectivity index (χ0v) is 18.2. The number of hydrogen-bond donors (Lipinski definition) is 2. The number of amides is 2. The van der Waals surface area contributed by atoms with Gasteiger partial charge in [-0.3, -0.25) is 9.59 Å². The van der Waals surface area contributed by atoms with Gasteiger partial charge in [0.25, 0.3) is 5.91 Å². The normalized spacial score (nSPS) is 19.6. The fourth-order valence-corrected chi connectivity index (χ4v) is 4.20. The van der Waals surface area contributed by atoms with Crippen molar-refractivity contribution in [3.63, 3.8) is 0 Å². The molecule has 12 heteroatoms. The standard InChI is InChI=1S/C19H12Cl4F4N2O2/c20-11-4-2-9(6-10(11)16(30)28-7-18(25,26)27)29-17(31)15-14(19(15,22)23)8-1-3-12(21)13(24)5-8/h1-6,14-15H,7H2,(H,28,30)(H,29,31). The fraction of sp³-hybridized carbons (Fsp3) is 0.263. The van der Waals surface area contributed by atoms with Crippen LogP contribution in [0.4, 0.5) is 23.2 Å². The molecule has 2 unspecified atom stereocenters. The highest BCUT2D eigenvalue weighted by molar-refractivity contribution is 6.53. The maximum absolute atomic E-state index is 13.7. The third-order valence-corrected chi connectivity index (χ3v) is 6.14. The maximum atomic E-state index is 13.7. The zero-order valence-electron chi connectivity index (χ0n) is 15.2. The largest absolute Gasteiger partial charge is 0.405 e. The van der Waals surface area contributed by atoms with E-state index in [0.29, 0.717) is 5.56 Å². The molecule has 4 nitrogen and oxygen atoms in total. The van der Waals surface area contributed by atoms with Crippen molar-refractivity contribution in [1.29, 1.82) is 0 Å². The molecule has 0 heterocycles. The minimum absolute atomic E-state index is 0.0867. The van der Waals surface area contributed by atoms with Gasteiger partial charge in [-0.15, -0.1) is 23.2 Å². The van der Waals surface area contributed by atoms with Crippen LogP contribution >= 0.6 is 46.4 Å². The number of benzene rings is 2. The minimum Gasteiger partial charge on any atom is -0.343 e. The number of nitrogens with one attached hydrogen (secondary N) is 2. The van der Waals surface area contributed by atoms with E-state index in [0.717, 1.165) is 12.1 Å². The molecule has 0 aromatic heterocycles. The van der Waals surface area contributed by atoms with E-state index in [1.54, 1.807) is 5.32 Å². The van der Waals surface area contributed by atoms with Crippen LogP contribution in [0.2, 0.25) is 10.0 Å². The van der Waals surface area contributed by atoms with E-state index < -0.39 is 46.5 Å². The SMILES string of the molecule is O=C(NCC(F)(F)F)c1cc(NC(=O)C2C(c3ccc(Cl)c(F)c3)C2(Cl)Cl)ccc1Cl. The number of anilines is 1. The van der Waals surface area contributed by atoms with Crippen molar-refractivity contribution in [3.8, 4) is 0 Å². The second-order valence-corrected chi connectivity index (χ2v) is 9.04. The van der Waals surface area contributed by atoms with Gasteiger partial charge in [0.05, 0.1) is 21.5 Å². The number of hydrogen-bond acceptors (Lipinski definition) is 2. The van der Waals surface area contributed by atoms with Gasteiger partial charge in [-0.2, -0.15) is 13.2 Å². The minimum atomic E-state index is -4.60. The Balaban J connectivity index is 1.74. The molecular formula is C19H12Cl4F4N2O2. The van der Waals surface area contributed by atoms with E-state index in [4.69, 9.17) is 46.4 Å². The number of alkyl halides is 5. The molecular weight excluding hydrogens is 506 g/mol. The second-order valence-electron chi connectivity index (χ2n) is 6.79. The first-order valence-corrected chi connectivity index (χ1v) is 10.1. The summed E-state index contributed by atoms with van der Waals surface area (Å²) in [5.74, 6) is -4.06. The Hall–Kier alpha value is -1.74. The van der Waals surface area contributed by atoms with Gasteiger partial charge in [-0.05, 0) is 35.9 Å². The Bertz CT molecular complexity index is 1050. The lowest BCUT2D eigenvalue weighted by Crippen LogP contribution is -2.33. The summed E-state index contributed by atoms with van der Waals surface area (Å²) in [6, 6.07) is 7.65. The third-order valence-electron chi connectivity index (χ3n) is 4.57. The molecule has 1 saturated carbocycles. The van der Waals surface area contributed by atoms with Crippen molar-refractivity contribution in [2.75, 3.05) is 11.9 Å². The van der Waals surface area contributed by atoms with Gasteiger partial charge in [0, 0.05) is 11.6 Å². The molecule has 2 amide bonds. The third kappa shape index (κ3) is 5.37. The predicted octanol–water partition coefficient (Wildman–Crippen LogP) is 5.95. The van der Waals surface area contributed by atoms with Crippen molar-refractivity contribution in [2.24, 2.45) is 5.92 Å². The summed E-state index contributed by atoms with van der Waals surface area (Å²) in [4.78, 5) is 24.7. The Morgan fingerprint density at radius 3 is 2.29 bits per heavy atom. The highest BCUT2D eigenvalue weighted by Gasteiger charge is 2.67. The number of rotatable bonds is 5. The van der Waals surface area contributed by atoms with Crippen LogP contribution in [-0.2, 0) is 4.79 Å². The summed E-state index contributed by atoms with van der Waals surface area (Å²) in [6.45, 7) is -1.54. The van der Waals surface area contributed by atoms with E-state index in [-0.39, 0.29) is 21.3 Å². The Labute approximate surface area is 193 Å². The fourth-order valence-electron chi connectivity index (χ4n) is 3.05. The van der Waals surface area contributed by atoms with Crippen LogP contribution in [0.5, 0.6) is 0 Å². The molecule has 31 heavy (non-hydrogen) atoms. The summed E-state index contributed by atoms with van der Waals surface area (Å²) >= 11 is 24.0. The molecule has 1 aliphatic rings. The zero-order chi connectivity index (χ0) is 23.1. The van der Waals surface area contributed by atoms with Gasteiger partial charge < -0.3 is 10.6 Å². The average molecular weight is 518 g/mol. The Kier molecular flexibility index (Phi) is 6.68. The second kappa shape index (κ2) is 8.65. The summed E-state index contributed by atoms with van der Waals surface area (Å²) in [7, 11) is 0. The topological polar surface area (TPSA) is 58.2 Å². The van der Waals surface area contributed by atoms with E-state index in [2.05, 4.69) is 5.32 Å². The van der Waals surface area contributed by atoms with Gasteiger partial charge >= 0.3 is 6.18 Å². The van der Waals surface area contributed by atoms with E-state index >= 15 is 0 Å².